The Bertz CT molecular complexity index is 1390. The van der Waals surface area contributed by atoms with Crippen LogP contribution in [0.2, 0.25) is 0 Å². The summed E-state index contributed by atoms with van der Waals surface area (Å²) in [6.07, 6.45) is 4.17. The van der Waals surface area contributed by atoms with Crippen LogP contribution in [-0.2, 0) is 16.6 Å². The normalized spacial score (nSPS) is 16.8. The van der Waals surface area contributed by atoms with E-state index in [-0.39, 0.29) is 34.7 Å². The number of sulfonamides is 1. The van der Waals surface area contributed by atoms with Gasteiger partial charge in [-0.25, -0.2) is 31.3 Å². The Kier molecular flexibility index (Phi) is 5.41. The molecular weight excluding hydrogens is 453 g/mol. The van der Waals surface area contributed by atoms with Crippen molar-refractivity contribution in [1.82, 2.24) is 14.3 Å². The maximum Gasteiger partial charge on any atom is 0.264 e. The smallest absolute Gasteiger partial charge is 0.264 e. The maximum atomic E-state index is 15.3. The molecule has 0 aliphatic heterocycles. The van der Waals surface area contributed by atoms with Gasteiger partial charge in [-0.15, -0.1) is 0 Å². The van der Waals surface area contributed by atoms with E-state index in [9.17, 15) is 22.5 Å². The summed E-state index contributed by atoms with van der Waals surface area (Å²) in [5.41, 5.74) is 0.166. The van der Waals surface area contributed by atoms with Gasteiger partial charge in [0, 0.05) is 52.6 Å². The van der Waals surface area contributed by atoms with E-state index in [0.717, 1.165) is 31.5 Å². The van der Waals surface area contributed by atoms with Crippen molar-refractivity contribution in [3.05, 3.63) is 53.2 Å². The molecule has 172 valence electrons. The number of nitrogens with zero attached hydrogens (tertiary/aromatic N) is 3. The molecule has 2 heterocycles. The first-order chi connectivity index (χ1) is 15.8. The van der Waals surface area contributed by atoms with Crippen LogP contribution in [0.3, 0.4) is 0 Å². The van der Waals surface area contributed by atoms with E-state index in [0.29, 0.717) is 29.3 Å². The van der Waals surface area contributed by atoms with Crippen LogP contribution < -0.4 is 4.72 Å². The highest BCUT2D eigenvalue weighted by Crippen LogP contribution is 2.40. The molecule has 1 aromatic carbocycles. The number of benzene rings is 1. The average molecular weight is 475 g/mol. The molecule has 2 aliphatic carbocycles. The minimum Gasteiger partial charge on any atom is -0.344 e. The number of rotatable bonds is 7. The first kappa shape index (κ1) is 21.9. The summed E-state index contributed by atoms with van der Waals surface area (Å²) in [6.45, 7) is 0.0203. The number of halogens is 3. The number of hydrogen-bond donors (Lipinski definition) is 1. The number of fused-ring (bicyclic) bond motifs is 1. The molecule has 2 aliphatic rings. The van der Waals surface area contributed by atoms with Gasteiger partial charge in [-0.3, -0.25) is 0 Å². The van der Waals surface area contributed by atoms with Crippen LogP contribution in [-0.4, -0.2) is 23.2 Å². The predicted molar refractivity (Wildman–Crippen MR) is 116 cm³/mol. The molecule has 6 nitrogen and oxygen atoms in total. The van der Waals surface area contributed by atoms with Crippen molar-refractivity contribution in [2.45, 2.75) is 56.4 Å². The second kappa shape index (κ2) is 8.15. The molecule has 2 aromatic heterocycles. The molecule has 0 radical (unpaired) electrons. The van der Waals surface area contributed by atoms with Gasteiger partial charge in [0.15, 0.2) is 0 Å². The van der Waals surface area contributed by atoms with Crippen LogP contribution in [0.4, 0.5) is 13.2 Å². The average Bonchev–Trinajstić information content (AvgIpc) is 3.55. The van der Waals surface area contributed by atoms with E-state index in [4.69, 9.17) is 0 Å². The van der Waals surface area contributed by atoms with Gasteiger partial charge in [0.1, 0.15) is 17.6 Å². The third-order valence-corrected chi connectivity index (χ3v) is 8.39. The van der Waals surface area contributed by atoms with Gasteiger partial charge in [0.05, 0.1) is 5.25 Å². The largest absolute Gasteiger partial charge is 0.344 e. The first-order valence-electron chi connectivity index (χ1n) is 10.8. The number of hydrogen-bond acceptors (Lipinski definition) is 4. The van der Waals surface area contributed by atoms with Crippen molar-refractivity contribution >= 4 is 20.9 Å². The van der Waals surface area contributed by atoms with E-state index in [1.807, 2.05) is 10.8 Å². The number of nitriles is 1. The molecule has 0 bridgehead atoms. The fourth-order valence-corrected chi connectivity index (χ4v) is 5.69. The number of nitrogens with one attached hydrogen (secondary N) is 1. The lowest BCUT2D eigenvalue weighted by Gasteiger charge is -2.28. The van der Waals surface area contributed by atoms with E-state index < -0.39 is 27.8 Å². The Labute approximate surface area is 189 Å². The Hall–Kier alpha value is -2.90. The topological polar surface area (TPSA) is 87.8 Å². The predicted octanol–water partition coefficient (Wildman–Crippen LogP) is 4.96. The lowest BCUT2D eigenvalue weighted by molar-refractivity contribution is 0.152. The lowest BCUT2D eigenvalue weighted by Crippen LogP contribution is -2.26. The van der Waals surface area contributed by atoms with Gasteiger partial charge < -0.3 is 4.57 Å². The van der Waals surface area contributed by atoms with Crippen LogP contribution in [0.1, 0.15) is 61.4 Å². The zero-order chi connectivity index (χ0) is 23.3. The van der Waals surface area contributed by atoms with Crippen molar-refractivity contribution in [3.63, 3.8) is 0 Å². The molecule has 5 rings (SSSR count). The molecule has 0 unspecified atom stereocenters. The summed E-state index contributed by atoms with van der Waals surface area (Å²) in [5.74, 6) is -0.772. The van der Waals surface area contributed by atoms with Gasteiger partial charge in [0.2, 0.25) is 10.0 Å². The second-order valence-electron chi connectivity index (χ2n) is 8.60. The minimum absolute atomic E-state index is 0.0203. The summed E-state index contributed by atoms with van der Waals surface area (Å²) in [7, 11) is -3.42. The third kappa shape index (κ3) is 3.89. The molecule has 33 heavy (non-hydrogen) atoms. The van der Waals surface area contributed by atoms with Crippen LogP contribution >= 0.6 is 0 Å². The van der Waals surface area contributed by atoms with Gasteiger partial charge in [0.25, 0.3) is 6.43 Å². The van der Waals surface area contributed by atoms with Crippen molar-refractivity contribution in [3.8, 4) is 17.2 Å². The van der Waals surface area contributed by atoms with Crippen molar-refractivity contribution in [2.24, 2.45) is 0 Å². The number of aromatic nitrogens is 2. The lowest BCUT2D eigenvalue weighted by atomic mass is 9.92. The van der Waals surface area contributed by atoms with Crippen molar-refractivity contribution in [1.29, 1.82) is 5.26 Å². The SMILES string of the molecule is N#Cc1nccc(C(F)F)c1-c1cc2c(cc1F)c(CNS(=O)(=O)C1CC1)cn2C1CCC1. The summed E-state index contributed by atoms with van der Waals surface area (Å²) in [5, 5.41) is 9.57. The van der Waals surface area contributed by atoms with E-state index in [1.165, 1.54) is 12.1 Å². The van der Waals surface area contributed by atoms with E-state index in [2.05, 4.69) is 9.71 Å². The molecule has 3 aromatic rings. The first-order valence-corrected chi connectivity index (χ1v) is 12.3. The van der Waals surface area contributed by atoms with E-state index >= 15 is 4.39 Å². The van der Waals surface area contributed by atoms with Crippen molar-refractivity contribution < 1.29 is 21.6 Å². The Balaban J connectivity index is 1.65. The standard InChI is InChI=1S/C23H21F3N4O2S/c24-19-8-17-13(11-29-33(31,32)15-4-5-15)12-30(14-2-1-3-14)21(17)9-18(19)22-16(23(25)26)6-7-28-20(22)10-27/h6-9,12,14-15,23,29H,1-5,11H2. The molecule has 0 spiro atoms. The quantitative estimate of drug-likeness (QED) is 0.524. The van der Waals surface area contributed by atoms with E-state index in [1.54, 1.807) is 6.07 Å². The fraction of sp³-hybridized carbons (Fsp3) is 0.391. The van der Waals surface area contributed by atoms with Crippen LogP contribution in [0, 0.1) is 17.1 Å². The molecular formula is C23H21F3N4O2S. The van der Waals surface area contributed by atoms with Crippen molar-refractivity contribution in [2.75, 3.05) is 0 Å². The summed E-state index contributed by atoms with van der Waals surface area (Å²) in [6, 6.07) is 5.76. The van der Waals surface area contributed by atoms with Gasteiger partial charge >= 0.3 is 0 Å². The fourth-order valence-electron chi connectivity index (χ4n) is 4.34. The molecule has 0 saturated heterocycles. The zero-order valence-electron chi connectivity index (χ0n) is 17.6. The molecule has 1 N–H and O–H groups in total. The maximum absolute atomic E-state index is 15.3. The van der Waals surface area contributed by atoms with Crippen LogP contribution in [0.5, 0.6) is 0 Å². The molecule has 0 amide bonds. The Morgan fingerprint density at radius 1 is 1.24 bits per heavy atom. The highest BCUT2D eigenvalue weighted by atomic mass is 32.2. The molecule has 2 saturated carbocycles. The minimum atomic E-state index is -3.42. The van der Waals surface area contributed by atoms with Gasteiger partial charge in [-0.1, -0.05) is 0 Å². The van der Waals surface area contributed by atoms with Gasteiger partial charge in [-0.2, -0.15) is 5.26 Å². The van der Waals surface area contributed by atoms with Crippen LogP contribution in [0.25, 0.3) is 22.0 Å². The summed E-state index contributed by atoms with van der Waals surface area (Å²) in [4.78, 5) is 3.86. The van der Waals surface area contributed by atoms with Crippen LogP contribution in [0.15, 0.2) is 30.6 Å². The zero-order valence-corrected chi connectivity index (χ0v) is 18.4. The third-order valence-electron chi connectivity index (χ3n) is 6.49. The summed E-state index contributed by atoms with van der Waals surface area (Å²) >= 11 is 0. The number of pyridine rings is 1. The highest BCUT2D eigenvalue weighted by Gasteiger charge is 2.35. The number of alkyl halides is 2. The monoisotopic (exact) mass is 474 g/mol. The molecule has 0 atom stereocenters. The van der Waals surface area contributed by atoms with Gasteiger partial charge in [-0.05, 0) is 55.9 Å². The Morgan fingerprint density at radius 2 is 2.00 bits per heavy atom. The summed E-state index contributed by atoms with van der Waals surface area (Å²) < 4.78 is 71.9. The highest BCUT2D eigenvalue weighted by molar-refractivity contribution is 7.90. The molecule has 2 fully saturated rings. The Morgan fingerprint density at radius 3 is 2.61 bits per heavy atom. The second-order valence-corrected chi connectivity index (χ2v) is 10.6. The molecule has 10 heteroatoms.